The van der Waals surface area contributed by atoms with Crippen LogP contribution in [0.25, 0.3) is 0 Å². The average molecular weight is 384 g/mol. The molecule has 28 heavy (non-hydrogen) atoms. The third-order valence-electron chi connectivity index (χ3n) is 3.73. The maximum Gasteiger partial charge on any atom is 0.306 e. The van der Waals surface area contributed by atoms with Crippen LogP contribution in [0.2, 0.25) is 0 Å². The van der Waals surface area contributed by atoms with Gasteiger partial charge in [0.2, 0.25) is 5.91 Å². The number of hydrogen-bond donors (Lipinski definition) is 2. The number of rotatable bonds is 10. The Balaban J connectivity index is 1.50. The van der Waals surface area contributed by atoms with Gasteiger partial charge in [-0.1, -0.05) is 48.5 Å². The molecule has 0 radical (unpaired) electrons. The highest BCUT2D eigenvalue weighted by Gasteiger charge is 2.09. The number of ether oxygens (including phenoxy) is 2. The van der Waals surface area contributed by atoms with E-state index in [1.165, 1.54) is 5.56 Å². The highest BCUT2D eigenvalue weighted by atomic mass is 16.5. The quantitative estimate of drug-likeness (QED) is 0.372. The van der Waals surface area contributed by atoms with Crippen LogP contribution in [-0.2, 0) is 25.5 Å². The summed E-state index contributed by atoms with van der Waals surface area (Å²) in [6, 6.07) is 18.8. The monoisotopic (exact) mass is 384 g/mol. The number of esters is 1. The Hall–Kier alpha value is -3.35. The van der Waals surface area contributed by atoms with E-state index in [0.29, 0.717) is 12.4 Å². The zero-order chi connectivity index (χ0) is 20.0. The van der Waals surface area contributed by atoms with E-state index >= 15 is 0 Å². The molecule has 7 nitrogen and oxygen atoms in total. The molecule has 0 saturated heterocycles. The van der Waals surface area contributed by atoms with Gasteiger partial charge in [0.1, 0.15) is 5.75 Å². The molecule has 0 aliphatic rings. The SMILES string of the molecule is O=C(CCC(=O)OCCCc1ccccc1)NNC(=O)COc1ccccc1. The van der Waals surface area contributed by atoms with E-state index in [-0.39, 0.29) is 19.4 Å². The fourth-order valence-electron chi connectivity index (χ4n) is 2.30. The maximum atomic E-state index is 11.7. The largest absolute Gasteiger partial charge is 0.484 e. The van der Waals surface area contributed by atoms with Crippen LogP contribution in [0.5, 0.6) is 5.75 Å². The predicted octanol–water partition coefficient (Wildman–Crippen LogP) is 2.17. The van der Waals surface area contributed by atoms with E-state index < -0.39 is 17.8 Å². The number of para-hydroxylation sites is 1. The lowest BCUT2D eigenvalue weighted by atomic mass is 10.1. The molecular formula is C21H24N2O5. The van der Waals surface area contributed by atoms with Crippen LogP contribution < -0.4 is 15.6 Å². The van der Waals surface area contributed by atoms with Crippen LogP contribution in [-0.4, -0.2) is 31.0 Å². The van der Waals surface area contributed by atoms with Crippen LogP contribution in [0.4, 0.5) is 0 Å². The van der Waals surface area contributed by atoms with Gasteiger partial charge in [-0.05, 0) is 30.5 Å². The van der Waals surface area contributed by atoms with E-state index in [9.17, 15) is 14.4 Å². The molecule has 0 aliphatic carbocycles. The number of benzene rings is 2. The summed E-state index contributed by atoms with van der Waals surface area (Å²) in [5.74, 6) is -0.865. The smallest absolute Gasteiger partial charge is 0.306 e. The van der Waals surface area contributed by atoms with Crippen molar-refractivity contribution in [3.05, 3.63) is 66.2 Å². The number of hydrogen-bond acceptors (Lipinski definition) is 5. The van der Waals surface area contributed by atoms with Crippen molar-refractivity contribution in [2.45, 2.75) is 25.7 Å². The summed E-state index contributed by atoms with van der Waals surface area (Å²) in [6.45, 7) is 0.0800. The standard InChI is InChI=1S/C21H24N2O5/c24-19(22-23-20(25)16-28-18-11-5-2-6-12-18)13-14-21(26)27-15-7-10-17-8-3-1-4-9-17/h1-6,8-9,11-12H,7,10,13-16H2,(H,22,24)(H,23,25). The van der Waals surface area contributed by atoms with Crippen molar-refractivity contribution < 1.29 is 23.9 Å². The van der Waals surface area contributed by atoms with Crippen LogP contribution in [0.3, 0.4) is 0 Å². The fraction of sp³-hybridized carbons (Fsp3) is 0.286. The van der Waals surface area contributed by atoms with Gasteiger partial charge in [0.15, 0.2) is 6.61 Å². The first kappa shape index (κ1) is 21.0. The number of amides is 2. The van der Waals surface area contributed by atoms with Gasteiger partial charge in [0.05, 0.1) is 13.0 Å². The number of carbonyl (C=O) groups is 3. The average Bonchev–Trinajstić information content (AvgIpc) is 2.74. The van der Waals surface area contributed by atoms with Crippen LogP contribution in [0, 0.1) is 0 Å². The van der Waals surface area contributed by atoms with Gasteiger partial charge in [0, 0.05) is 6.42 Å². The molecule has 0 bridgehead atoms. The Morgan fingerprint density at radius 1 is 0.786 bits per heavy atom. The number of nitrogens with one attached hydrogen (secondary N) is 2. The number of aryl methyl sites for hydroxylation is 1. The van der Waals surface area contributed by atoms with E-state index in [2.05, 4.69) is 10.9 Å². The zero-order valence-corrected chi connectivity index (χ0v) is 15.6. The van der Waals surface area contributed by atoms with Crippen LogP contribution in [0.1, 0.15) is 24.8 Å². The first-order chi connectivity index (χ1) is 13.6. The van der Waals surface area contributed by atoms with Crippen molar-refractivity contribution in [2.75, 3.05) is 13.2 Å². The Morgan fingerprint density at radius 3 is 2.14 bits per heavy atom. The summed E-state index contributed by atoms with van der Waals surface area (Å²) in [6.07, 6.45) is 1.43. The summed E-state index contributed by atoms with van der Waals surface area (Å²) in [7, 11) is 0. The van der Waals surface area contributed by atoms with Gasteiger partial charge in [-0.3, -0.25) is 25.2 Å². The molecule has 2 aromatic rings. The van der Waals surface area contributed by atoms with Crippen molar-refractivity contribution in [1.82, 2.24) is 10.9 Å². The topological polar surface area (TPSA) is 93.7 Å². The second-order valence-corrected chi connectivity index (χ2v) is 6.01. The van der Waals surface area contributed by atoms with Gasteiger partial charge in [-0.15, -0.1) is 0 Å². The lowest BCUT2D eigenvalue weighted by Gasteiger charge is -2.09. The van der Waals surface area contributed by atoms with Gasteiger partial charge in [-0.2, -0.15) is 0 Å². The van der Waals surface area contributed by atoms with E-state index in [4.69, 9.17) is 9.47 Å². The summed E-state index contributed by atoms with van der Waals surface area (Å²) in [5, 5.41) is 0. The minimum Gasteiger partial charge on any atom is -0.484 e. The molecular weight excluding hydrogens is 360 g/mol. The van der Waals surface area contributed by atoms with Gasteiger partial charge < -0.3 is 9.47 Å². The zero-order valence-electron chi connectivity index (χ0n) is 15.6. The molecule has 148 valence electrons. The van der Waals surface area contributed by atoms with Gasteiger partial charge in [-0.25, -0.2) is 0 Å². The second-order valence-electron chi connectivity index (χ2n) is 6.01. The van der Waals surface area contributed by atoms with Crippen LogP contribution in [0.15, 0.2) is 60.7 Å². The Bertz CT molecular complexity index is 750. The molecule has 0 atom stereocenters. The minimum atomic E-state index is -0.499. The van der Waals surface area contributed by atoms with Gasteiger partial charge in [0.25, 0.3) is 5.91 Å². The first-order valence-electron chi connectivity index (χ1n) is 9.08. The molecule has 2 N–H and O–H groups in total. The highest BCUT2D eigenvalue weighted by molar-refractivity contribution is 5.84. The molecule has 0 aromatic heterocycles. The molecule has 0 unspecified atom stereocenters. The minimum absolute atomic E-state index is 0.0481. The lowest BCUT2D eigenvalue weighted by molar-refractivity contribution is -0.145. The third kappa shape index (κ3) is 8.84. The van der Waals surface area contributed by atoms with Gasteiger partial charge >= 0.3 is 5.97 Å². The summed E-state index contributed by atoms with van der Waals surface area (Å²) in [4.78, 5) is 34.9. The number of hydrazine groups is 1. The van der Waals surface area contributed by atoms with Crippen molar-refractivity contribution in [2.24, 2.45) is 0 Å². The fourth-order valence-corrected chi connectivity index (χ4v) is 2.30. The Kier molecular flexibility index (Phi) is 9.06. The maximum absolute atomic E-state index is 11.7. The predicted molar refractivity (Wildman–Crippen MR) is 103 cm³/mol. The third-order valence-corrected chi connectivity index (χ3v) is 3.73. The van der Waals surface area contributed by atoms with E-state index in [1.807, 2.05) is 36.4 Å². The van der Waals surface area contributed by atoms with Crippen molar-refractivity contribution in [3.8, 4) is 5.75 Å². The Morgan fingerprint density at radius 2 is 1.43 bits per heavy atom. The molecule has 2 amide bonds. The Labute approximate surface area is 164 Å². The molecule has 0 spiro atoms. The molecule has 0 fully saturated rings. The second kappa shape index (κ2) is 12.1. The summed E-state index contributed by atoms with van der Waals surface area (Å²) >= 11 is 0. The molecule has 7 heteroatoms. The lowest BCUT2D eigenvalue weighted by Crippen LogP contribution is -2.43. The van der Waals surface area contributed by atoms with Crippen molar-refractivity contribution in [3.63, 3.8) is 0 Å². The molecule has 2 rings (SSSR count). The molecule has 0 aliphatic heterocycles. The highest BCUT2D eigenvalue weighted by Crippen LogP contribution is 2.07. The summed E-state index contributed by atoms with van der Waals surface area (Å²) in [5.41, 5.74) is 5.65. The van der Waals surface area contributed by atoms with Crippen LogP contribution >= 0.6 is 0 Å². The molecule has 2 aromatic carbocycles. The first-order valence-corrected chi connectivity index (χ1v) is 9.08. The number of carbonyl (C=O) groups excluding carboxylic acids is 3. The van der Waals surface area contributed by atoms with Crippen molar-refractivity contribution >= 4 is 17.8 Å². The molecule has 0 heterocycles. The summed E-state index contributed by atoms with van der Waals surface area (Å²) < 4.78 is 10.3. The van der Waals surface area contributed by atoms with E-state index in [0.717, 1.165) is 12.8 Å². The van der Waals surface area contributed by atoms with E-state index in [1.54, 1.807) is 24.3 Å². The molecule has 0 saturated carbocycles. The normalized spacial score (nSPS) is 10.0. The van der Waals surface area contributed by atoms with Crippen molar-refractivity contribution in [1.29, 1.82) is 0 Å².